The van der Waals surface area contributed by atoms with E-state index in [1.807, 2.05) is 78.7 Å². The van der Waals surface area contributed by atoms with Crippen molar-refractivity contribution in [2.45, 2.75) is 18.9 Å². The molecule has 3 aliphatic rings. The number of aromatic nitrogens is 1. The van der Waals surface area contributed by atoms with Crippen LogP contribution in [0.5, 0.6) is 28.7 Å². The molecule has 5 aromatic carbocycles. The van der Waals surface area contributed by atoms with Gasteiger partial charge in [0.05, 0.1) is 25.3 Å². The number of aryl methyl sites for hydroxylation is 1. The summed E-state index contributed by atoms with van der Waals surface area (Å²) >= 11 is 0. The second kappa shape index (κ2) is 12.2. The van der Waals surface area contributed by atoms with Crippen LogP contribution in [0.15, 0.2) is 97.1 Å². The Balaban J connectivity index is 1.25. The fourth-order valence-electron chi connectivity index (χ4n) is 7.13. The molecule has 9 rings (SSSR count). The van der Waals surface area contributed by atoms with Crippen molar-refractivity contribution in [2.24, 2.45) is 7.05 Å². The Morgan fingerprint density at radius 1 is 0.918 bits per heavy atom. The van der Waals surface area contributed by atoms with Crippen molar-refractivity contribution in [1.29, 1.82) is 0 Å². The molecule has 2 amide bonds. The van der Waals surface area contributed by atoms with Crippen molar-refractivity contribution in [3.63, 3.8) is 0 Å². The first-order chi connectivity index (χ1) is 23.9. The molecule has 9 nitrogen and oxygen atoms in total. The molecule has 2 N–H and O–H groups in total. The van der Waals surface area contributed by atoms with Gasteiger partial charge in [-0.25, -0.2) is 0 Å². The van der Waals surface area contributed by atoms with Crippen LogP contribution in [0.1, 0.15) is 49.9 Å². The molecular weight excluding hydrogens is 618 g/mol. The SMILES string of the molecule is COc1cc2c3cc1Oc1ccc(O)c(c1)C(=O)NCCCOc1cccc(c1)C2N(C(=O)c1ccc2c(c1)c1ccccc1n2C)CC3. The van der Waals surface area contributed by atoms with Crippen molar-refractivity contribution in [1.82, 2.24) is 14.8 Å². The zero-order valence-corrected chi connectivity index (χ0v) is 27.2. The Hall–Kier alpha value is -5.96. The van der Waals surface area contributed by atoms with Gasteiger partial charge in [-0.15, -0.1) is 0 Å². The summed E-state index contributed by atoms with van der Waals surface area (Å²) in [7, 11) is 3.62. The average molecular weight is 654 g/mol. The molecule has 0 saturated carbocycles. The van der Waals surface area contributed by atoms with Crippen LogP contribution in [0.4, 0.5) is 0 Å². The van der Waals surface area contributed by atoms with Gasteiger partial charge in [-0.2, -0.15) is 0 Å². The maximum absolute atomic E-state index is 14.6. The standard InChI is InChI=1S/C40H35N3O6/c1-42-33-10-4-3-9-29(33)31-20-26(11-13-34(31)42)40(46)43-17-15-24-21-37-36(47-2)23-30(24)38(43)25-7-5-8-27(19-25)48-18-6-16-41-39(45)32-22-28(49-37)12-14-35(32)44/h3-5,7-14,19-23,38,44H,6,15-18H2,1-2H3,(H,41,45). The minimum atomic E-state index is -0.426. The van der Waals surface area contributed by atoms with Crippen LogP contribution in [0.2, 0.25) is 0 Å². The lowest BCUT2D eigenvalue weighted by Gasteiger charge is -2.38. The Kier molecular flexibility index (Phi) is 7.59. The first kappa shape index (κ1) is 30.4. The Bertz CT molecular complexity index is 2270. The number of benzene rings is 5. The zero-order chi connectivity index (χ0) is 33.6. The normalized spacial score (nSPS) is 16.0. The number of fused-ring (bicyclic) bond motifs is 9. The number of ether oxygens (including phenoxy) is 3. The third kappa shape index (κ3) is 5.37. The molecule has 49 heavy (non-hydrogen) atoms. The molecule has 3 aliphatic heterocycles. The third-order valence-electron chi connectivity index (χ3n) is 9.56. The highest BCUT2D eigenvalue weighted by Crippen LogP contribution is 2.44. The van der Waals surface area contributed by atoms with Gasteiger partial charge < -0.3 is 34.1 Å². The minimum absolute atomic E-state index is 0.0643. The van der Waals surface area contributed by atoms with Crippen molar-refractivity contribution in [3.05, 3.63) is 125 Å². The van der Waals surface area contributed by atoms with Crippen LogP contribution < -0.4 is 19.5 Å². The number of hydrogen-bond donors (Lipinski definition) is 2. The molecule has 6 aromatic rings. The summed E-state index contributed by atoms with van der Waals surface area (Å²) in [6.45, 7) is 1.20. The quantitative estimate of drug-likeness (QED) is 0.206. The minimum Gasteiger partial charge on any atom is -0.507 e. The molecule has 1 aromatic heterocycles. The maximum atomic E-state index is 14.6. The van der Waals surface area contributed by atoms with Crippen molar-refractivity contribution in [2.75, 3.05) is 26.8 Å². The van der Waals surface area contributed by atoms with Crippen molar-refractivity contribution < 1.29 is 28.9 Å². The molecule has 0 fully saturated rings. The molecule has 9 heteroatoms. The van der Waals surface area contributed by atoms with E-state index in [-0.39, 0.29) is 17.2 Å². The molecule has 1 atom stereocenters. The first-order valence-electron chi connectivity index (χ1n) is 16.4. The van der Waals surface area contributed by atoms with Gasteiger partial charge >= 0.3 is 0 Å². The molecule has 4 heterocycles. The van der Waals surface area contributed by atoms with Gasteiger partial charge in [0.2, 0.25) is 0 Å². The van der Waals surface area contributed by atoms with Gasteiger partial charge in [0.1, 0.15) is 17.2 Å². The van der Waals surface area contributed by atoms with Crippen LogP contribution in [0, 0.1) is 0 Å². The number of aromatic hydroxyl groups is 1. The average Bonchev–Trinajstić information content (AvgIpc) is 3.41. The van der Waals surface area contributed by atoms with Crippen LogP contribution in [0.3, 0.4) is 0 Å². The summed E-state index contributed by atoms with van der Waals surface area (Å²) in [6, 6.07) is 30.1. The first-order valence-corrected chi connectivity index (χ1v) is 16.4. The van der Waals surface area contributed by atoms with E-state index in [9.17, 15) is 14.7 Å². The number of carbonyl (C=O) groups is 2. The molecule has 246 valence electrons. The van der Waals surface area contributed by atoms with Gasteiger partial charge in [-0.1, -0.05) is 30.3 Å². The van der Waals surface area contributed by atoms with Crippen LogP contribution in [-0.2, 0) is 13.5 Å². The van der Waals surface area contributed by atoms with E-state index in [1.54, 1.807) is 13.2 Å². The number of phenolic OH excluding ortho intramolecular Hbond substituents is 1. The molecule has 0 aliphatic carbocycles. The van der Waals surface area contributed by atoms with Gasteiger partial charge in [0, 0.05) is 47.5 Å². The summed E-state index contributed by atoms with van der Waals surface area (Å²) in [6.07, 6.45) is 1.15. The monoisotopic (exact) mass is 653 g/mol. The molecule has 8 bridgehead atoms. The second-order valence-corrected chi connectivity index (χ2v) is 12.5. The Morgan fingerprint density at radius 3 is 2.65 bits per heavy atom. The van der Waals surface area contributed by atoms with Gasteiger partial charge in [0.25, 0.3) is 11.8 Å². The van der Waals surface area contributed by atoms with Crippen LogP contribution in [-0.4, -0.2) is 53.2 Å². The predicted molar refractivity (Wildman–Crippen MR) is 187 cm³/mol. The third-order valence-corrected chi connectivity index (χ3v) is 9.56. The number of rotatable bonds is 2. The fourth-order valence-corrected chi connectivity index (χ4v) is 7.13. The molecule has 0 spiro atoms. The zero-order valence-electron chi connectivity index (χ0n) is 27.2. The second-order valence-electron chi connectivity index (χ2n) is 12.5. The molecule has 0 saturated heterocycles. The van der Waals surface area contributed by atoms with Crippen molar-refractivity contribution >= 4 is 33.6 Å². The van der Waals surface area contributed by atoms with E-state index in [2.05, 4.69) is 22.0 Å². The van der Waals surface area contributed by atoms with Gasteiger partial charge in [-0.05, 0) is 96.3 Å². The highest BCUT2D eigenvalue weighted by molar-refractivity contribution is 6.10. The van der Waals surface area contributed by atoms with E-state index < -0.39 is 11.9 Å². The number of nitrogens with zero attached hydrogens (tertiary/aromatic N) is 2. The summed E-state index contributed by atoms with van der Waals surface area (Å²) in [4.78, 5) is 29.5. The topological polar surface area (TPSA) is 102 Å². The highest BCUT2D eigenvalue weighted by Gasteiger charge is 2.34. The highest BCUT2D eigenvalue weighted by atomic mass is 16.5. The van der Waals surface area contributed by atoms with E-state index in [1.165, 1.54) is 12.1 Å². The lowest BCUT2D eigenvalue weighted by molar-refractivity contribution is 0.0693. The number of para-hydroxylation sites is 1. The maximum Gasteiger partial charge on any atom is 0.255 e. The predicted octanol–water partition coefficient (Wildman–Crippen LogP) is 7.14. The number of nitrogens with one attached hydrogen (secondary N) is 1. The smallest absolute Gasteiger partial charge is 0.255 e. The molecular formula is C40H35N3O6. The number of carbonyl (C=O) groups excluding carboxylic acids is 2. The van der Waals surface area contributed by atoms with Gasteiger partial charge in [-0.3, -0.25) is 9.59 Å². The van der Waals surface area contributed by atoms with Crippen LogP contribution in [0.25, 0.3) is 21.8 Å². The lowest BCUT2D eigenvalue weighted by atomic mass is 9.87. The Labute approximate surface area is 283 Å². The van der Waals surface area contributed by atoms with E-state index in [4.69, 9.17) is 14.2 Å². The summed E-state index contributed by atoms with van der Waals surface area (Å²) in [5.41, 5.74) is 5.77. The number of phenols is 1. The summed E-state index contributed by atoms with van der Waals surface area (Å²) in [5, 5.41) is 15.4. The molecule has 1 unspecified atom stereocenters. The molecule has 0 radical (unpaired) electrons. The van der Waals surface area contributed by atoms with E-state index in [0.29, 0.717) is 61.1 Å². The van der Waals surface area contributed by atoms with Crippen LogP contribution >= 0.6 is 0 Å². The largest absolute Gasteiger partial charge is 0.507 e. The fraction of sp³-hybridized carbons (Fsp3) is 0.200. The summed E-state index contributed by atoms with van der Waals surface area (Å²) in [5.74, 6) is 1.38. The number of amides is 2. The lowest BCUT2D eigenvalue weighted by Crippen LogP contribution is -2.40. The van der Waals surface area contributed by atoms with E-state index >= 15 is 0 Å². The number of methoxy groups -OCH3 is 1. The van der Waals surface area contributed by atoms with Crippen molar-refractivity contribution in [3.8, 4) is 28.7 Å². The summed E-state index contributed by atoms with van der Waals surface area (Å²) < 4.78 is 20.4. The van der Waals surface area contributed by atoms with Gasteiger partial charge in [0.15, 0.2) is 11.5 Å². The number of hydrogen-bond acceptors (Lipinski definition) is 6. The Morgan fingerprint density at radius 2 is 1.78 bits per heavy atom. The van der Waals surface area contributed by atoms with E-state index in [0.717, 1.165) is 38.5 Å².